The highest BCUT2D eigenvalue weighted by Gasteiger charge is 2.16. The van der Waals surface area contributed by atoms with E-state index in [1.54, 1.807) is 23.0 Å². The number of carbonyl (C=O) groups is 1. The molecule has 0 saturated heterocycles. The van der Waals surface area contributed by atoms with Crippen molar-refractivity contribution in [3.8, 4) is 11.3 Å². The number of fused-ring (bicyclic) bond motifs is 1. The number of carboxylic acid groups (broad SMARTS) is 1. The van der Waals surface area contributed by atoms with Crippen LogP contribution in [-0.2, 0) is 17.6 Å². The molecule has 3 heterocycles. The molecule has 7 nitrogen and oxygen atoms in total. The zero-order valence-electron chi connectivity index (χ0n) is 13.0. The summed E-state index contributed by atoms with van der Waals surface area (Å²) in [6.45, 7) is 4.20. The van der Waals surface area contributed by atoms with Crippen LogP contribution in [-0.4, -0.2) is 35.6 Å². The van der Waals surface area contributed by atoms with Gasteiger partial charge in [0.2, 0.25) is 0 Å². The Hall–Kier alpha value is -2.83. The first-order valence-corrected chi connectivity index (χ1v) is 7.40. The number of nitrogens with zero attached hydrogens (tertiary/aromatic N) is 5. The molecule has 0 fully saturated rings. The molecule has 7 heteroatoms. The molecule has 3 aromatic heterocycles. The van der Waals surface area contributed by atoms with Crippen LogP contribution >= 0.6 is 0 Å². The first-order valence-electron chi connectivity index (χ1n) is 7.40. The van der Waals surface area contributed by atoms with Gasteiger partial charge in [0, 0.05) is 24.2 Å². The van der Waals surface area contributed by atoms with Crippen LogP contribution in [0.25, 0.3) is 16.9 Å². The molecule has 0 aliphatic carbocycles. The normalized spacial score (nSPS) is 11.3. The van der Waals surface area contributed by atoms with E-state index in [-0.39, 0.29) is 6.42 Å². The Labute approximate surface area is 133 Å². The average molecular weight is 311 g/mol. The Bertz CT molecular complexity index is 842. The predicted octanol–water partition coefficient (Wildman–Crippen LogP) is 2.01. The highest BCUT2D eigenvalue weighted by atomic mass is 16.4. The monoisotopic (exact) mass is 311 g/mol. The summed E-state index contributed by atoms with van der Waals surface area (Å²) in [6, 6.07) is 3.76. The van der Waals surface area contributed by atoms with Crippen LogP contribution < -0.4 is 0 Å². The fourth-order valence-electron chi connectivity index (χ4n) is 2.44. The topological polar surface area (TPSA) is 93.3 Å². The summed E-state index contributed by atoms with van der Waals surface area (Å²) < 4.78 is 1.72. The number of pyridine rings is 1. The molecule has 0 aliphatic heterocycles. The number of aliphatic carboxylic acids is 1. The van der Waals surface area contributed by atoms with E-state index >= 15 is 0 Å². The van der Waals surface area contributed by atoms with Gasteiger partial charge in [0.25, 0.3) is 0 Å². The van der Waals surface area contributed by atoms with Crippen molar-refractivity contribution < 1.29 is 9.90 Å². The summed E-state index contributed by atoms with van der Waals surface area (Å²) in [5.41, 5.74) is 3.02. The first-order chi connectivity index (χ1) is 11.0. The molecule has 23 heavy (non-hydrogen) atoms. The molecule has 0 unspecified atom stereocenters. The molecule has 0 radical (unpaired) electrons. The van der Waals surface area contributed by atoms with Gasteiger partial charge in [-0.2, -0.15) is 0 Å². The fourth-order valence-corrected chi connectivity index (χ4v) is 2.44. The lowest BCUT2D eigenvalue weighted by molar-refractivity contribution is -0.136. The minimum absolute atomic E-state index is 0.182. The summed E-state index contributed by atoms with van der Waals surface area (Å²) in [5.74, 6) is -0.149. The van der Waals surface area contributed by atoms with E-state index in [0.29, 0.717) is 17.4 Å². The van der Waals surface area contributed by atoms with E-state index in [1.165, 1.54) is 0 Å². The second-order valence-corrected chi connectivity index (χ2v) is 5.79. The molecule has 0 saturated carbocycles. The molecule has 118 valence electrons. The van der Waals surface area contributed by atoms with Crippen molar-refractivity contribution in [1.29, 1.82) is 0 Å². The molecule has 3 rings (SSSR count). The lowest BCUT2D eigenvalue weighted by atomic mass is 10.1. The van der Waals surface area contributed by atoms with Gasteiger partial charge in [-0.25, -0.2) is 4.98 Å². The van der Waals surface area contributed by atoms with Crippen LogP contribution in [0.1, 0.15) is 25.4 Å². The molecule has 3 aromatic rings. The third-order valence-electron chi connectivity index (χ3n) is 3.40. The quantitative estimate of drug-likeness (QED) is 0.774. The van der Waals surface area contributed by atoms with Crippen molar-refractivity contribution in [3.63, 3.8) is 0 Å². The average Bonchev–Trinajstić information content (AvgIpc) is 2.90. The lowest BCUT2D eigenvalue weighted by Crippen LogP contribution is -2.07. The van der Waals surface area contributed by atoms with Crippen molar-refractivity contribution in [2.24, 2.45) is 5.92 Å². The van der Waals surface area contributed by atoms with Crippen LogP contribution in [0.15, 0.2) is 30.7 Å². The van der Waals surface area contributed by atoms with Crippen molar-refractivity contribution in [3.05, 3.63) is 42.2 Å². The molecule has 0 spiro atoms. The van der Waals surface area contributed by atoms with Crippen molar-refractivity contribution in [1.82, 2.24) is 24.6 Å². The molecule has 0 aromatic carbocycles. The predicted molar refractivity (Wildman–Crippen MR) is 83.9 cm³/mol. The van der Waals surface area contributed by atoms with Gasteiger partial charge in [-0.05, 0) is 24.5 Å². The van der Waals surface area contributed by atoms with E-state index in [2.05, 4.69) is 29.0 Å². The second-order valence-electron chi connectivity index (χ2n) is 5.79. The van der Waals surface area contributed by atoms with E-state index in [4.69, 9.17) is 10.1 Å². The van der Waals surface area contributed by atoms with E-state index in [9.17, 15) is 4.79 Å². The summed E-state index contributed by atoms with van der Waals surface area (Å²) in [7, 11) is 0. The van der Waals surface area contributed by atoms with Crippen molar-refractivity contribution >= 4 is 11.6 Å². The maximum atomic E-state index is 11.0. The number of hydrogen-bond donors (Lipinski definition) is 1. The molecule has 0 bridgehead atoms. The smallest absolute Gasteiger partial charge is 0.311 e. The summed E-state index contributed by atoms with van der Waals surface area (Å²) in [5, 5.41) is 17.2. The SMILES string of the molecule is CC(C)Cc1nc(-c2cccnc2)cn2c(CC(=O)O)nnc12. The van der Waals surface area contributed by atoms with Crippen molar-refractivity contribution in [2.45, 2.75) is 26.7 Å². The lowest BCUT2D eigenvalue weighted by Gasteiger charge is -2.09. The van der Waals surface area contributed by atoms with E-state index < -0.39 is 5.97 Å². The summed E-state index contributed by atoms with van der Waals surface area (Å²) in [6.07, 6.45) is 5.76. The Balaban J connectivity index is 2.19. The van der Waals surface area contributed by atoms with E-state index in [0.717, 1.165) is 23.4 Å². The van der Waals surface area contributed by atoms with Gasteiger partial charge in [0.15, 0.2) is 5.65 Å². The van der Waals surface area contributed by atoms with E-state index in [1.807, 2.05) is 12.1 Å². The molecule has 1 N–H and O–H groups in total. The van der Waals surface area contributed by atoms with Crippen LogP contribution in [0.3, 0.4) is 0 Å². The zero-order chi connectivity index (χ0) is 16.4. The Morgan fingerprint density at radius 2 is 2.17 bits per heavy atom. The third-order valence-corrected chi connectivity index (χ3v) is 3.40. The molecule has 0 aliphatic rings. The minimum atomic E-state index is -0.940. The number of carboxylic acids is 1. The number of rotatable bonds is 5. The van der Waals surface area contributed by atoms with Gasteiger partial charge in [-0.3, -0.25) is 14.2 Å². The molecular formula is C16H17N5O2. The third kappa shape index (κ3) is 3.18. The van der Waals surface area contributed by atoms with Crippen LogP contribution in [0, 0.1) is 5.92 Å². The summed E-state index contributed by atoms with van der Waals surface area (Å²) >= 11 is 0. The summed E-state index contributed by atoms with van der Waals surface area (Å²) in [4.78, 5) is 19.8. The number of hydrogen-bond acceptors (Lipinski definition) is 5. The van der Waals surface area contributed by atoms with Gasteiger partial charge in [0.1, 0.15) is 12.2 Å². The van der Waals surface area contributed by atoms with Crippen molar-refractivity contribution in [2.75, 3.05) is 0 Å². The van der Waals surface area contributed by atoms with Crippen LogP contribution in [0.2, 0.25) is 0 Å². The first kappa shape index (κ1) is 15.1. The highest BCUT2D eigenvalue weighted by Crippen LogP contribution is 2.21. The zero-order valence-corrected chi connectivity index (χ0v) is 13.0. The fraction of sp³-hybridized carbons (Fsp3) is 0.312. The standard InChI is InChI=1S/C16H17N5O2/c1-10(2)6-12-16-20-19-14(7-15(22)23)21(16)9-13(18-12)11-4-3-5-17-8-11/h3-5,8-10H,6-7H2,1-2H3,(H,22,23). The van der Waals surface area contributed by atoms with Gasteiger partial charge < -0.3 is 5.11 Å². The molecule has 0 atom stereocenters. The maximum absolute atomic E-state index is 11.0. The van der Waals surface area contributed by atoms with Gasteiger partial charge in [-0.15, -0.1) is 10.2 Å². The number of aromatic nitrogens is 5. The Morgan fingerprint density at radius 3 is 2.83 bits per heavy atom. The molecular weight excluding hydrogens is 294 g/mol. The Morgan fingerprint density at radius 1 is 1.35 bits per heavy atom. The van der Waals surface area contributed by atoms with Crippen LogP contribution in [0.5, 0.6) is 0 Å². The molecule has 0 amide bonds. The van der Waals surface area contributed by atoms with Gasteiger partial charge in [0.05, 0.1) is 11.4 Å². The van der Waals surface area contributed by atoms with Crippen LogP contribution in [0.4, 0.5) is 0 Å². The second kappa shape index (κ2) is 6.12. The van der Waals surface area contributed by atoms with Gasteiger partial charge >= 0.3 is 5.97 Å². The largest absolute Gasteiger partial charge is 0.481 e. The van der Waals surface area contributed by atoms with Gasteiger partial charge in [-0.1, -0.05) is 13.8 Å². The highest BCUT2D eigenvalue weighted by molar-refractivity contribution is 5.69. The Kier molecular flexibility index (Phi) is 4.01. The maximum Gasteiger partial charge on any atom is 0.311 e. The minimum Gasteiger partial charge on any atom is -0.481 e.